The summed E-state index contributed by atoms with van der Waals surface area (Å²) in [6.07, 6.45) is -3.77. The Kier molecular flexibility index (Phi) is 3.39. The maximum absolute atomic E-state index is 6.58. The van der Waals surface area contributed by atoms with E-state index in [0.29, 0.717) is 11.5 Å². The van der Waals surface area contributed by atoms with Crippen LogP contribution in [0.15, 0.2) is 54.6 Å². The van der Waals surface area contributed by atoms with E-state index in [-0.39, 0.29) is 14.5 Å². The van der Waals surface area contributed by atoms with Crippen molar-refractivity contribution in [1.29, 1.82) is 0 Å². The molecule has 6 heteroatoms. The van der Waals surface area contributed by atoms with Gasteiger partial charge in [-0.3, -0.25) is 0 Å². The van der Waals surface area contributed by atoms with Crippen molar-refractivity contribution in [3.63, 3.8) is 0 Å². The molecular formula is C18H21O4PSe. The molecule has 2 heterocycles. The van der Waals surface area contributed by atoms with Crippen molar-refractivity contribution in [3.05, 3.63) is 54.6 Å². The standard InChI is InChI=1S/C18H21O4PSe/c1-17(2)18(3,4)22-23(21-17,24-14-10-6-5-7-11-14)19-15-12-8-9-13-16(15)20-23/h5-13H,1-4H3. The molecule has 1 spiro atoms. The molecule has 0 atom stereocenters. The summed E-state index contributed by atoms with van der Waals surface area (Å²) in [5.74, 6) is 1.39. The van der Waals surface area contributed by atoms with E-state index in [1.165, 1.54) is 0 Å². The van der Waals surface area contributed by atoms with Gasteiger partial charge in [0.25, 0.3) is 0 Å². The van der Waals surface area contributed by atoms with Crippen LogP contribution in [-0.4, -0.2) is 25.7 Å². The SMILES string of the molecule is CC1(C)OP2([Se]c3ccccc3)(Oc3ccccc3O2)OC1(C)C. The monoisotopic (exact) mass is 412 g/mol. The fourth-order valence-corrected chi connectivity index (χ4v) is 14.0. The van der Waals surface area contributed by atoms with Crippen molar-refractivity contribution in [2.24, 2.45) is 0 Å². The molecule has 2 aromatic rings. The molecule has 0 bridgehead atoms. The van der Waals surface area contributed by atoms with Gasteiger partial charge < -0.3 is 0 Å². The van der Waals surface area contributed by atoms with Gasteiger partial charge in [0.1, 0.15) is 0 Å². The molecule has 4 rings (SSSR count). The van der Waals surface area contributed by atoms with Crippen LogP contribution in [-0.2, 0) is 9.05 Å². The zero-order chi connectivity index (χ0) is 17.1. The first-order valence-corrected chi connectivity index (χ1v) is 12.9. The van der Waals surface area contributed by atoms with Gasteiger partial charge in [-0.25, -0.2) is 0 Å². The van der Waals surface area contributed by atoms with Gasteiger partial charge in [-0.2, -0.15) is 0 Å². The van der Waals surface area contributed by atoms with E-state index in [2.05, 4.69) is 12.1 Å². The zero-order valence-corrected chi connectivity index (χ0v) is 16.8. The van der Waals surface area contributed by atoms with Crippen molar-refractivity contribution in [2.75, 3.05) is 0 Å². The van der Waals surface area contributed by atoms with Crippen LogP contribution in [0.3, 0.4) is 0 Å². The third kappa shape index (κ3) is 2.39. The second-order valence-electron chi connectivity index (χ2n) is 6.98. The van der Waals surface area contributed by atoms with Crippen LogP contribution in [0.1, 0.15) is 27.7 Å². The Bertz CT molecular complexity index is 746. The van der Waals surface area contributed by atoms with Crippen LogP contribution in [0, 0.1) is 0 Å². The van der Waals surface area contributed by atoms with E-state index in [0.717, 1.165) is 4.46 Å². The Balaban J connectivity index is 1.84. The van der Waals surface area contributed by atoms with E-state index in [1.54, 1.807) is 0 Å². The van der Waals surface area contributed by atoms with Crippen molar-refractivity contribution in [3.8, 4) is 11.5 Å². The minimum absolute atomic E-state index is 0.267. The molecule has 2 aliphatic rings. The van der Waals surface area contributed by atoms with Crippen LogP contribution >= 0.6 is 6.20 Å². The number of hydrogen-bond acceptors (Lipinski definition) is 4. The van der Waals surface area contributed by atoms with Crippen molar-refractivity contribution < 1.29 is 18.1 Å². The van der Waals surface area contributed by atoms with E-state index in [4.69, 9.17) is 18.1 Å². The molecule has 0 amide bonds. The third-order valence-electron chi connectivity index (χ3n) is 4.55. The number of hydrogen-bond donors (Lipinski definition) is 0. The second-order valence-corrected chi connectivity index (χ2v) is 15.3. The molecule has 128 valence electrons. The summed E-state index contributed by atoms with van der Waals surface area (Å²) in [7, 11) is 0. The molecule has 2 aliphatic heterocycles. The van der Waals surface area contributed by atoms with Gasteiger partial charge in [-0.1, -0.05) is 0 Å². The third-order valence-corrected chi connectivity index (χ3v) is 13.2. The topological polar surface area (TPSA) is 36.9 Å². The normalized spacial score (nSPS) is 25.9. The van der Waals surface area contributed by atoms with E-state index < -0.39 is 17.4 Å². The van der Waals surface area contributed by atoms with Crippen molar-refractivity contribution in [1.82, 2.24) is 0 Å². The summed E-state index contributed by atoms with van der Waals surface area (Å²) in [4.78, 5) is 0. The molecule has 1 fully saturated rings. The zero-order valence-electron chi connectivity index (χ0n) is 14.2. The van der Waals surface area contributed by atoms with Crippen molar-refractivity contribution >= 4 is 25.2 Å². The number of rotatable bonds is 2. The Hall–Kier alpha value is -1.09. The van der Waals surface area contributed by atoms with Crippen molar-refractivity contribution in [2.45, 2.75) is 38.9 Å². The number of para-hydroxylation sites is 2. The van der Waals surface area contributed by atoms with Crippen LogP contribution in [0.2, 0.25) is 0 Å². The van der Waals surface area contributed by atoms with Crippen LogP contribution < -0.4 is 13.5 Å². The van der Waals surface area contributed by atoms with Gasteiger partial charge in [-0.05, 0) is 0 Å². The van der Waals surface area contributed by atoms with Gasteiger partial charge in [0, 0.05) is 0 Å². The Labute approximate surface area is 148 Å². The molecular weight excluding hydrogens is 390 g/mol. The maximum atomic E-state index is 6.58. The van der Waals surface area contributed by atoms with Gasteiger partial charge in [0.2, 0.25) is 0 Å². The average Bonchev–Trinajstić information content (AvgIpc) is 2.87. The molecule has 2 aromatic carbocycles. The first-order chi connectivity index (χ1) is 11.2. The first-order valence-electron chi connectivity index (χ1n) is 7.92. The molecule has 0 N–H and O–H groups in total. The summed E-state index contributed by atoms with van der Waals surface area (Å²) in [5, 5.41) is 0. The molecule has 0 saturated carbocycles. The molecule has 0 radical (unpaired) electrons. The Morgan fingerprint density at radius 1 is 0.708 bits per heavy atom. The van der Waals surface area contributed by atoms with E-state index in [9.17, 15) is 0 Å². The first kappa shape index (κ1) is 16.4. The second kappa shape index (κ2) is 4.97. The average molecular weight is 411 g/mol. The van der Waals surface area contributed by atoms with Crippen LogP contribution in [0.4, 0.5) is 0 Å². The summed E-state index contributed by atoms with van der Waals surface area (Å²) in [6.45, 7) is 8.13. The van der Waals surface area contributed by atoms with Crippen LogP contribution in [0.5, 0.6) is 11.5 Å². The summed E-state index contributed by atoms with van der Waals surface area (Å²) in [5.41, 5.74) is -1.05. The predicted molar refractivity (Wildman–Crippen MR) is 96.8 cm³/mol. The molecule has 0 aromatic heterocycles. The van der Waals surface area contributed by atoms with Gasteiger partial charge in [0.15, 0.2) is 0 Å². The molecule has 24 heavy (non-hydrogen) atoms. The summed E-state index contributed by atoms with van der Waals surface area (Å²) >= 11 is -0.267. The Morgan fingerprint density at radius 3 is 1.67 bits per heavy atom. The predicted octanol–water partition coefficient (Wildman–Crippen LogP) is 4.22. The van der Waals surface area contributed by atoms with Crippen LogP contribution in [0.25, 0.3) is 0 Å². The fourth-order valence-electron chi connectivity index (χ4n) is 2.73. The van der Waals surface area contributed by atoms with E-state index >= 15 is 0 Å². The molecule has 0 aliphatic carbocycles. The number of fused-ring (bicyclic) bond motifs is 1. The molecule has 0 unspecified atom stereocenters. The molecule has 4 nitrogen and oxygen atoms in total. The molecule has 1 saturated heterocycles. The number of benzene rings is 2. The van der Waals surface area contributed by atoms with Gasteiger partial charge in [-0.15, -0.1) is 0 Å². The quantitative estimate of drug-likeness (QED) is 0.548. The minimum atomic E-state index is -3.77. The fraction of sp³-hybridized carbons (Fsp3) is 0.333. The summed E-state index contributed by atoms with van der Waals surface area (Å²) in [6, 6.07) is 17.9. The van der Waals surface area contributed by atoms with Gasteiger partial charge >= 0.3 is 148 Å². The summed E-state index contributed by atoms with van der Waals surface area (Å²) < 4.78 is 27.1. The van der Waals surface area contributed by atoms with E-state index in [1.807, 2.05) is 70.2 Å². The Morgan fingerprint density at radius 2 is 1.17 bits per heavy atom. The van der Waals surface area contributed by atoms with Gasteiger partial charge in [0.05, 0.1) is 0 Å².